The number of aliphatic hydroxyl groups is 1. The number of aromatic amines is 1. The number of hydrogen-bond acceptors (Lipinski definition) is 11. The van der Waals surface area contributed by atoms with E-state index in [1.54, 1.807) is 0 Å². The monoisotopic (exact) mass is 580 g/mol. The van der Waals surface area contributed by atoms with Crippen LogP contribution in [0.2, 0.25) is 0 Å². The highest BCUT2D eigenvalue weighted by atomic mass is 31.3. The summed E-state index contributed by atoms with van der Waals surface area (Å²) in [5, 5.41) is 12.2. The molecule has 1 aliphatic heterocycles. The van der Waals surface area contributed by atoms with Gasteiger partial charge in [-0.2, -0.15) is 8.62 Å². The van der Waals surface area contributed by atoms with E-state index in [0.29, 0.717) is 19.4 Å². The molecule has 0 aromatic carbocycles. The van der Waals surface area contributed by atoms with E-state index < -0.39 is 59.7 Å². The first-order valence-corrected chi connectivity index (χ1v) is 15.4. The molecule has 208 valence electrons. The zero-order valence-electron chi connectivity index (χ0n) is 19.3. The highest BCUT2D eigenvalue weighted by Crippen LogP contribution is 2.66. The molecule has 0 radical (unpaired) electrons. The Morgan fingerprint density at radius 2 is 1.81 bits per heavy atom. The van der Waals surface area contributed by atoms with Gasteiger partial charge in [-0.25, -0.2) is 23.6 Å². The van der Waals surface area contributed by atoms with Crippen molar-refractivity contribution in [3.05, 3.63) is 32.6 Å². The fourth-order valence-corrected chi connectivity index (χ4v) is 6.93. The molecule has 0 saturated carbocycles. The fourth-order valence-electron chi connectivity index (χ4n) is 3.18. The summed E-state index contributed by atoms with van der Waals surface area (Å²) in [5.41, 5.74) is 4.14. The van der Waals surface area contributed by atoms with Gasteiger partial charge in [0.2, 0.25) is 0 Å². The second-order valence-electron chi connectivity index (χ2n) is 7.94. The van der Waals surface area contributed by atoms with Crippen LogP contribution in [0.15, 0.2) is 15.8 Å². The van der Waals surface area contributed by atoms with E-state index in [-0.39, 0.29) is 18.5 Å². The number of ether oxygens (including phenoxy) is 1. The van der Waals surface area contributed by atoms with E-state index in [1.807, 2.05) is 5.09 Å². The molecule has 36 heavy (non-hydrogen) atoms. The van der Waals surface area contributed by atoms with Gasteiger partial charge in [0.1, 0.15) is 12.3 Å². The summed E-state index contributed by atoms with van der Waals surface area (Å²) in [5.74, 6) is 0. The molecule has 20 heteroatoms. The van der Waals surface area contributed by atoms with Crippen molar-refractivity contribution < 1.29 is 51.4 Å². The Hall–Kier alpha value is -1.03. The molecule has 0 spiro atoms. The smallest absolute Gasteiger partial charge is 0.390 e. The summed E-state index contributed by atoms with van der Waals surface area (Å²) in [6.45, 7) is 1.06. The number of nitrogens with one attached hydrogen (secondary N) is 2. The molecule has 6 atom stereocenters. The van der Waals surface area contributed by atoms with Crippen LogP contribution in [0.5, 0.6) is 0 Å². The number of aromatic nitrogens is 2. The Morgan fingerprint density at radius 1 is 1.14 bits per heavy atom. The van der Waals surface area contributed by atoms with Gasteiger partial charge in [0.05, 0.1) is 12.7 Å². The summed E-state index contributed by atoms with van der Waals surface area (Å²) in [6, 6.07) is 0. The van der Waals surface area contributed by atoms with Crippen molar-refractivity contribution in [3.63, 3.8) is 0 Å². The van der Waals surface area contributed by atoms with Crippen LogP contribution >= 0.6 is 23.4 Å². The van der Waals surface area contributed by atoms with Gasteiger partial charge in [0.25, 0.3) is 5.56 Å². The molecule has 1 fully saturated rings. The molecule has 17 nitrogen and oxygen atoms in total. The van der Waals surface area contributed by atoms with E-state index in [9.17, 15) is 43.1 Å². The van der Waals surface area contributed by atoms with Crippen LogP contribution in [0.25, 0.3) is 0 Å². The number of nitrogens with zero attached hydrogens (tertiary/aromatic N) is 1. The van der Waals surface area contributed by atoms with Crippen molar-refractivity contribution in [3.8, 4) is 0 Å². The first kappa shape index (κ1) is 31.2. The summed E-state index contributed by atoms with van der Waals surface area (Å²) in [7, 11) is -15.8. The van der Waals surface area contributed by atoms with Gasteiger partial charge in [-0.1, -0.05) is 12.8 Å². The first-order chi connectivity index (χ1) is 16.6. The number of aryl methyl sites for hydroxylation is 1. The fraction of sp³-hybridized carbons (Fsp3) is 0.750. The molecule has 1 aromatic heterocycles. The number of hydrogen-bond donors (Lipinski definition) is 7. The lowest BCUT2D eigenvalue weighted by molar-refractivity contribution is -0.0450. The lowest BCUT2D eigenvalue weighted by Crippen LogP contribution is -2.33. The predicted octanol–water partition coefficient (Wildman–Crippen LogP) is -0.0469. The third-order valence-electron chi connectivity index (χ3n) is 4.92. The molecule has 1 aliphatic rings. The number of phosphoric ester groups is 1. The van der Waals surface area contributed by atoms with Gasteiger partial charge in [0.15, 0.2) is 0 Å². The summed E-state index contributed by atoms with van der Waals surface area (Å²) in [4.78, 5) is 54.6. The van der Waals surface area contributed by atoms with Crippen LogP contribution in [-0.4, -0.2) is 61.2 Å². The third-order valence-corrected chi connectivity index (χ3v) is 9.39. The molecule has 1 aromatic rings. The SMILES string of the molecule is Cc1cn([C@H]2C[C@H](O)[C@@H](COP(=O)(O)OP(=O)(O)OP(=O)(O)NCCCCCCN)O2)c(=O)[nH]c1=O. The van der Waals surface area contributed by atoms with E-state index in [4.69, 9.17) is 10.5 Å². The first-order valence-electron chi connectivity index (χ1n) is 10.8. The number of phosphoric acid groups is 2. The number of unbranched alkanes of at least 4 members (excludes halogenated alkanes) is 3. The van der Waals surface area contributed by atoms with Crippen molar-refractivity contribution in [1.82, 2.24) is 14.6 Å². The molecule has 3 unspecified atom stereocenters. The van der Waals surface area contributed by atoms with Crippen molar-refractivity contribution >= 4 is 23.4 Å². The van der Waals surface area contributed by atoms with Crippen molar-refractivity contribution in [1.29, 1.82) is 0 Å². The average molecular weight is 580 g/mol. The average Bonchev–Trinajstić information content (AvgIpc) is 3.10. The standard InChI is InChI=1S/C16H31N4O13P3/c1-11-9-20(16(23)19-15(11)22)14-8-12(21)13(31-14)10-30-35(26,27)33-36(28,29)32-34(24,25)18-7-5-3-2-4-6-17/h9,12-14,21H,2-8,10,17H2,1H3,(H,26,27)(H,28,29)(H2,18,24,25)(H,19,22,23)/t12-,13+,14+/m0/s1. The molecular weight excluding hydrogens is 549 g/mol. The van der Waals surface area contributed by atoms with E-state index in [0.717, 1.165) is 17.4 Å². The molecule has 0 bridgehead atoms. The minimum absolute atomic E-state index is 0.0539. The number of rotatable bonds is 15. The van der Waals surface area contributed by atoms with Crippen LogP contribution < -0.4 is 22.1 Å². The topological polar surface area (TPSA) is 262 Å². The van der Waals surface area contributed by atoms with Crippen LogP contribution in [0.4, 0.5) is 0 Å². The summed E-state index contributed by atoms with van der Waals surface area (Å²) < 4.78 is 55.2. The van der Waals surface area contributed by atoms with Crippen molar-refractivity contribution in [2.45, 2.75) is 57.5 Å². The normalized spacial score (nSPS) is 25.2. The van der Waals surface area contributed by atoms with Crippen LogP contribution in [0.1, 0.15) is 43.9 Å². The van der Waals surface area contributed by atoms with Crippen LogP contribution in [0.3, 0.4) is 0 Å². The highest BCUT2D eigenvalue weighted by molar-refractivity contribution is 7.67. The number of nitrogens with two attached hydrogens (primary N) is 1. The Kier molecular flexibility index (Phi) is 11.4. The Balaban J connectivity index is 1.88. The minimum atomic E-state index is -5.57. The zero-order valence-corrected chi connectivity index (χ0v) is 22.0. The Labute approximate surface area is 205 Å². The zero-order chi connectivity index (χ0) is 27.1. The van der Waals surface area contributed by atoms with Gasteiger partial charge in [-0.3, -0.25) is 18.9 Å². The third kappa shape index (κ3) is 10.0. The summed E-state index contributed by atoms with van der Waals surface area (Å²) >= 11 is 0. The van der Waals surface area contributed by atoms with Gasteiger partial charge < -0.3 is 30.3 Å². The van der Waals surface area contributed by atoms with Crippen LogP contribution in [-0.2, 0) is 31.6 Å². The minimum Gasteiger partial charge on any atom is -0.390 e. The Morgan fingerprint density at radius 3 is 2.47 bits per heavy atom. The second kappa shape index (κ2) is 13.2. The molecule has 1 saturated heterocycles. The number of aliphatic hydroxyl groups excluding tert-OH is 1. The second-order valence-corrected chi connectivity index (χ2v) is 12.7. The van der Waals surface area contributed by atoms with Gasteiger partial charge >= 0.3 is 29.1 Å². The highest BCUT2D eigenvalue weighted by Gasteiger charge is 2.43. The maximum Gasteiger partial charge on any atom is 0.489 e. The van der Waals surface area contributed by atoms with Crippen molar-refractivity contribution in [2.24, 2.45) is 5.73 Å². The molecule has 2 heterocycles. The van der Waals surface area contributed by atoms with E-state index >= 15 is 0 Å². The van der Waals surface area contributed by atoms with E-state index in [2.05, 4.69) is 18.1 Å². The van der Waals surface area contributed by atoms with E-state index in [1.165, 1.54) is 13.1 Å². The Bertz CT molecular complexity index is 1140. The van der Waals surface area contributed by atoms with Gasteiger partial charge in [0, 0.05) is 24.7 Å². The molecular formula is C16H31N4O13P3. The predicted molar refractivity (Wildman–Crippen MR) is 124 cm³/mol. The lowest BCUT2D eigenvalue weighted by Gasteiger charge is -2.20. The molecule has 2 rings (SSSR count). The van der Waals surface area contributed by atoms with Crippen molar-refractivity contribution in [2.75, 3.05) is 19.7 Å². The van der Waals surface area contributed by atoms with Gasteiger partial charge in [-0.15, -0.1) is 0 Å². The maximum atomic E-state index is 12.1. The van der Waals surface area contributed by atoms with Gasteiger partial charge in [-0.05, 0) is 26.3 Å². The lowest BCUT2D eigenvalue weighted by atomic mass is 10.2. The maximum absolute atomic E-state index is 12.1. The molecule has 0 amide bonds. The number of H-pyrrole nitrogens is 1. The van der Waals surface area contributed by atoms with Crippen LogP contribution in [0, 0.1) is 6.92 Å². The summed E-state index contributed by atoms with van der Waals surface area (Å²) in [6.07, 6.45) is 0.0950. The molecule has 8 N–H and O–H groups in total. The largest absolute Gasteiger partial charge is 0.489 e. The quantitative estimate of drug-likeness (QED) is 0.106. The molecule has 0 aliphatic carbocycles.